The number of anilines is 1. The third-order valence-electron chi connectivity index (χ3n) is 4.69. The summed E-state index contributed by atoms with van der Waals surface area (Å²) < 4.78 is 4.72. The molecule has 0 saturated carbocycles. The molecule has 1 aliphatic heterocycles. The fourth-order valence-corrected chi connectivity index (χ4v) is 3.96. The summed E-state index contributed by atoms with van der Waals surface area (Å²) in [6.07, 6.45) is 0.956. The predicted octanol–water partition coefficient (Wildman–Crippen LogP) is 3.51. The van der Waals surface area contributed by atoms with E-state index in [-0.39, 0.29) is 11.9 Å². The van der Waals surface area contributed by atoms with Crippen molar-refractivity contribution >= 4 is 29.0 Å². The van der Waals surface area contributed by atoms with E-state index in [1.165, 1.54) is 18.4 Å². The van der Waals surface area contributed by atoms with Gasteiger partial charge in [-0.2, -0.15) is 0 Å². The average Bonchev–Trinajstić information content (AvgIpc) is 3.15. The van der Waals surface area contributed by atoms with Crippen LogP contribution in [-0.4, -0.2) is 42.2 Å². The number of amides is 2. The number of aliphatic hydroxyl groups is 1. The van der Waals surface area contributed by atoms with Gasteiger partial charge in [-0.25, -0.2) is 9.59 Å². The number of nitrogens with zero attached hydrogens (tertiary/aromatic N) is 1. The molecule has 1 aromatic carbocycles. The zero-order valence-corrected chi connectivity index (χ0v) is 15.4. The Hall–Kier alpha value is -2.38. The van der Waals surface area contributed by atoms with Crippen molar-refractivity contribution in [1.82, 2.24) is 4.90 Å². The van der Waals surface area contributed by atoms with Crippen molar-refractivity contribution in [1.29, 1.82) is 0 Å². The van der Waals surface area contributed by atoms with Crippen molar-refractivity contribution in [3.05, 3.63) is 52.2 Å². The number of ether oxygens (including phenoxy) is 1. The molecule has 26 heavy (non-hydrogen) atoms. The van der Waals surface area contributed by atoms with Gasteiger partial charge in [0.1, 0.15) is 4.88 Å². The van der Waals surface area contributed by atoms with Crippen molar-refractivity contribution in [3.8, 4) is 0 Å². The molecule has 1 atom stereocenters. The SMILES string of the molecule is COC(=O)c1sccc1NC(=O)N1CCC(C(O)c2ccccc2)CC1. The summed E-state index contributed by atoms with van der Waals surface area (Å²) in [6.45, 7) is 1.14. The van der Waals surface area contributed by atoms with Crippen LogP contribution in [0.1, 0.15) is 34.2 Å². The molecule has 0 bridgehead atoms. The second kappa shape index (κ2) is 8.33. The maximum Gasteiger partial charge on any atom is 0.350 e. The highest BCUT2D eigenvalue weighted by molar-refractivity contribution is 7.12. The topological polar surface area (TPSA) is 78.9 Å². The molecule has 0 aliphatic carbocycles. The summed E-state index contributed by atoms with van der Waals surface area (Å²) in [7, 11) is 1.32. The number of hydrogen-bond donors (Lipinski definition) is 2. The van der Waals surface area contributed by atoms with E-state index in [1.54, 1.807) is 16.3 Å². The zero-order chi connectivity index (χ0) is 18.5. The van der Waals surface area contributed by atoms with E-state index >= 15 is 0 Å². The van der Waals surface area contributed by atoms with Crippen LogP contribution in [0.15, 0.2) is 41.8 Å². The number of piperidine rings is 1. The average molecular weight is 374 g/mol. The van der Waals surface area contributed by atoms with E-state index in [0.29, 0.717) is 23.7 Å². The lowest BCUT2D eigenvalue weighted by Gasteiger charge is -2.34. The van der Waals surface area contributed by atoms with Crippen molar-refractivity contribution in [2.45, 2.75) is 18.9 Å². The van der Waals surface area contributed by atoms with Gasteiger partial charge in [0.25, 0.3) is 0 Å². The van der Waals surface area contributed by atoms with Crippen LogP contribution in [0.4, 0.5) is 10.5 Å². The summed E-state index contributed by atoms with van der Waals surface area (Å²) in [5, 5.41) is 15.1. The molecule has 1 unspecified atom stereocenters. The molecule has 0 spiro atoms. The lowest BCUT2D eigenvalue weighted by atomic mass is 9.87. The lowest BCUT2D eigenvalue weighted by molar-refractivity contribution is 0.0607. The van der Waals surface area contributed by atoms with E-state index in [9.17, 15) is 14.7 Å². The van der Waals surface area contributed by atoms with Gasteiger partial charge in [-0.1, -0.05) is 30.3 Å². The van der Waals surface area contributed by atoms with Crippen molar-refractivity contribution < 1.29 is 19.4 Å². The molecule has 2 aromatic rings. The number of hydrogen-bond acceptors (Lipinski definition) is 5. The van der Waals surface area contributed by atoms with Gasteiger partial charge in [0.15, 0.2) is 0 Å². The Morgan fingerprint density at radius 3 is 2.58 bits per heavy atom. The van der Waals surface area contributed by atoms with Crippen LogP contribution in [0, 0.1) is 5.92 Å². The molecule has 1 fully saturated rings. The van der Waals surface area contributed by atoms with Gasteiger partial charge in [0, 0.05) is 13.1 Å². The molecular weight excluding hydrogens is 352 g/mol. The minimum absolute atomic E-state index is 0.133. The van der Waals surface area contributed by atoms with Crippen molar-refractivity contribution in [2.24, 2.45) is 5.92 Å². The Kier molecular flexibility index (Phi) is 5.90. The molecule has 1 aliphatic rings. The Labute approximate surface area is 156 Å². The molecule has 7 heteroatoms. The van der Waals surface area contributed by atoms with Crippen LogP contribution < -0.4 is 5.32 Å². The number of aliphatic hydroxyl groups excluding tert-OH is 1. The minimum Gasteiger partial charge on any atom is -0.465 e. The number of urea groups is 1. The van der Waals surface area contributed by atoms with Gasteiger partial charge in [0.05, 0.1) is 18.9 Å². The highest BCUT2D eigenvalue weighted by atomic mass is 32.1. The standard InChI is InChI=1S/C19H22N2O4S/c1-25-18(23)17-15(9-12-26-17)20-19(24)21-10-7-14(8-11-21)16(22)13-5-3-2-4-6-13/h2-6,9,12,14,16,22H,7-8,10-11H2,1H3,(H,20,24). The number of methoxy groups -OCH3 is 1. The van der Waals surface area contributed by atoms with Gasteiger partial charge in [-0.3, -0.25) is 0 Å². The molecular formula is C19H22N2O4S. The number of rotatable bonds is 4. The Morgan fingerprint density at radius 2 is 1.92 bits per heavy atom. The number of benzene rings is 1. The van der Waals surface area contributed by atoms with Gasteiger partial charge in [0.2, 0.25) is 0 Å². The maximum absolute atomic E-state index is 12.5. The zero-order valence-electron chi connectivity index (χ0n) is 14.6. The van der Waals surface area contributed by atoms with Gasteiger partial charge < -0.3 is 20.1 Å². The second-order valence-electron chi connectivity index (χ2n) is 6.27. The van der Waals surface area contributed by atoms with Crippen molar-refractivity contribution in [3.63, 3.8) is 0 Å². The van der Waals surface area contributed by atoms with Crippen LogP contribution >= 0.6 is 11.3 Å². The molecule has 2 N–H and O–H groups in total. The smallest absolute Gasteiger partial charge is 0.350 e. The minimum atomic E-state index is -0.510. The lowest BCUT2D eigenvalue weighted by Crippen LogP contribution is -2.42. The number of esters is 1. The number of likely N-dealkylation sites (tertiary alicyclic amines) is 1. The van der Waals surface area contributed by atoms with Gasteiger partial charge in [-0.05, 0) is 35.8 Å². The molecule has 1 saturated heterocycles. The monoisotopic (exact) mass is 374 g/mol. The summed E-state index contributed by atoms with van der Waals surface area (Å²) in [5.74, 6) is -0.326. The van der Waals surface area contributed by atoms with E-state index in [0.717, 1.165) is 18.4 Å². The maximum atomic E-state index is 12.5. The fraction of sp³-hybridized carbons (Fsp3) is 0.368. The molecule has 2 amide bonds. The van der Waals surface area contributed by atoms with E-state index in [1.807, 2.05) is 30.3 Å². The molecule has 6 nitrogen and oxygen atoms in total. The van der Waals surface area contributed by atoms with Crippen molar-refractivity contribution in [2.75, 3.05) is 25.5 Å². The molecule has 2 heterocycles. The molecule has 1 aromatic heterocycles. The fourth-order valence-electron chi connectivity index (χ4n) is 3.19. The van der Waals surface area contributed by atoms with Gasteiger partial charge >= 0.3 is 12.0 Å². The van der Waals surface area contributed by atoms with E-state index < -0.39 is 12.1 Å². The number of nitrogens with one attached hydrogen (secondary N) is 1. The summed E-state index contributed by atoms with van der Waals surface area (Å²) in [5.41, 5.74) is 1.38. The van der Waals surface area contributed by atoms with Crippen LogP contribution in [0.2, 0.25) is 0 Å². The first kappa shape index (κ1) is 18.4. The highest BCUT2D eigenvalue weighted by Gasteiger charge is 2.28. The first-order chi connectivity index (χ1) is 12.6. The predicted molar refractivity (Wildman–Crippen MR) is 100 cm³/mol. The van der Waals surface area contributed by atoms with E-state index in [2.05, 4.69) is 5.32 Å². The first-order valence-electron chi connectivity index (χ1n) is 8.55. The number of carbonyl (C=O) groups is 2. The summed E-state index contributed by atoms with van der Waals surface area (Å²) in [6, 6.07) is 11.1. The number of thiophene rings is 1. The normalized spacial score (nSPS) is 16.2. The van der Waals surface area contributed by atoms with Crippen LogP contribution in [0.25, 0.3) is 0 Å². The third kappa shape index (κ3) is 4.05. The van der Waals surface area contributed by atoms with E-state index in [4.69, 9.17) is 4.74 Å². The molecule has 3 rings (SSSR count). The largest absolute Gasteiger partial charge is 0.465 e. The van der Waals surface area contributed by atoms with Crippen LogP contribution in [0.5, 0.6) is 0 Å². The van der Waals surface area contributed by atoms with Crippen LogP contribution in [0.3, 0.4) is 0 Å². The molecule has 0 radical (unpaired) electrons. The van der Waals surface area contributed by atoms with Crippen LogP contribution in [-0.2, 0) is 4.74 Å². The Bertz CT molecular complexity index is 754. The van der Waals surface area contributed by atoms with Gasteiger partial charge in [-0.15, -0.1) is 11.3 Å². The first-order valence-corrected chi connectivity index (χ1v) is 9.43. The summed E-state index contributed by atoms with van der Waals surface area (Å²) in [4.78, 5) is 26.3. The Balaban J connectivity index is 1.56. The number of carbonyl (C=O) groups excluding carboxylic acids is 2. The third-order valence-corrected chi connectivity index (χ3v) is 5.59. The Morgan fingerprint density at radius 1 is 1.23 bits per heavy atom. The second-order valence-corrected chi connectivity index (χ2v) is 7.18. The quantitative estimate of drug-likeness (QED) is 0.803. The highest BCUT2D eigenvalue weighted by Crippen LogP contribution is 2.31. The summed E-state index contributed by atoms with van der Waals surface area (Å²) >= 11 is 1.23. The molecule has 138 valence electrons.